The Balaban J connectivity index is 1.36. The number of aliphatic hydroxyl groups excluding tert-OH is 1. The number of rotatable bonds is 7. The molecule has 1 atom stereocenters. The first-order chi connectivity index (χ1) is 15.7. The SMILES string of the molecule is COc1cccc(CN2CN(c3ccc(-c4cn[nH]c4)cc3)N=C2CN2CCC(O)C2)c1. The number of aromatic amines is 1. The number of nitrogens with one attached hydrogen (secondary N) is 1. The van der Waals surface area contributed by atoms with E-state index >= 15 is 0 Å². The second-order valence-electron chi connectivity index (χ2n) is 8.32. The van der Waals surface area contributed by atoms with Crippen molar-refractivity contribution in [1.82, 2.24) is 20.0 Å². The summed E-state index contributed by atoms with van der Waals surface area (Å²) in [6.45, 7) is 3.74. The predicted octanol–water partition coefficient (Wildman–Crippen LogP) is 2.75. The third-order valence-electron chi connectivity index (χ3n) is 6.02. The summed E-state index contributed by atoms with van der Waals surface area (Å²) in [7, 11) is 1.69. The molecule has 5 rings (SSSR count). The molecule has 3 heterocycles. The van der Waals surface area contributed by atoms with Gasteiger partial charge >= 0.3 is 0 Å². The van der Waals surface area contributed by atoms with Crippen molar-refractivity contribution in [2.45, 2.75) is 19.1 Å². The number of likely N-dealkylation sites (tertiary alicyclic amines) is 1. The van der Waals surface area contributed by atoms with E-state index in [1.807, 2.05) is 29.5 Å². The zero-order valence-corrected chi connectivity index (χ0v) is 18.2. The third kappa shape index (κ3) is 4.46. The van der Waals surface area contributed by atoms with Gasteiger partial charge in [0.15, 0.2) is 0 Å². The normalized spacial score (nSPS) is 18.9. The summed E-state index contributed by atoms with van der Waals surface area (Å²) < 4.78 is 5.40. The van der Waals surface area contributed by atoms with Gasteiger partial charge in [-0.05, 0) is 41.8 Å². The van der Waals surface area contributed by atoms with Crippen LogP contribution in [0.15, 0.2) is 66.0 Å². The van der Waals surface area contributed by atoms with Gasteiger partial charge in [-0.1, -0.05) is 24.3 Å². The summed E-state index contributed by atoms with van der Waals surface area (Å²) in [5.74, 6) is 1.87. The number of hydrogen-bond acceptors (Lipinski definition) is 7. The van der Waals surface area contributed by atoms with E-state index in [-0.39, 0.29) is 6.10 Å². The molecule has 0 spiro atoms. The molecular formula is C24H28N6O2. The number of H-pyrrole nitrogens is 1. The van der Waals surface area contributed by atoms with Gasteiger partial charge in [0, 0.05) is 31.4 Å². The monoisotopic (exact) mass is 432 g/mol. The number of nitrogens with zero attached hydrogens (tertiary/aromatic N) is 5. The molecule has 0 radical (unpaired) electrons. The van der Waals surface area contributed by atoms with Crippen LogP contribution in [0.2, 0.25) is 0 Å². The van der Waals surface area contributed by atoms with Crippen LogP contribution < -0.4 is 9.75 Å². The number of anilines is 1. The quantitative estimate of drug-likeness (QED) is 0.598. The van der Waals surface area contributed by atoms with Gasteiger partial charge in [0.05, 0.1) is 31.6 Å². The van der Waals surface area contributed by atoms with Gasteiger partial charge in [-0.15, -0.1) is 0 Å². The van der Waals surface area contributed by atoms with Crippen LogP contribution in [0.25, 0.3) is 11.1 Å². The van der Waals surface area contributed by atoms with Gasteiger partial charge in [0.1, 0.15) is 18.3 Å². The molecule has 8 heteroatoms. The van der Waals surface area contributed by atoms with E-state index in [1.54, 1.807) is 7.11 Å². The molecule has 166 valence electrons. The van der Waals surface area contributed by atoms with Crippen LogP contribution in [0.5, 0.6) is 5.75 Å². The molecular weight excluding hydrogens is 404 g/mol. The lowest BCUT2D eigenvalue weighted by Crippen LogP contribution is -2.38. The smallest absolute Gasteiger partial charge is 0.141 e. The molecule has 8 nitrogen and oxygen atoms in total. The largest absolute Gasteiger partial charge is 0.497 e. The van der Waals surface area contributed by atoms with Crippen molar-refractivity contribution in [3.63, 3.8) is 0 Å². The third-order valence-corrected chi connectivity index (χ3v) is 6.02. The molecule has 2 aliphatic rings. The van der Waals surface area contributed by atoms with Crippen molar-refractivity contribution in [2.75, 3.05) is 38.4 Å². The highest BCUT2D eigenvalue weighted by molar-refractivity contribution is 5.87. The molecule has 1 aromatic heterocycles. The first kappa shape index (κ1) is 20.5. The molecule has 3 aromatic rings. The van der Waals surface area contributed by atoms with Crippen LogP contribution in [-0.2, 0) is 6.54 Å². The van der Waals surface area contributed by atoms with Gasteiger partial charge in [0.2, 0.25) is 0 Å². The number of methoxy groups -OCH3 is 1. The first-order valence-electron chi connectivity index (χ1n) is 10.9. The van der Waals surface area contributed by atoms with Crippen LogP contribution in [0.4, 0.5) is 5.69 Å². The lowest BCUT2D eigenvalue weighted by molar-refractivity contribution is 0.180. The molecule has 32 heavy (non-hydrogen) atoms. The van der Waals surface area contributed by atoms with Crippen molar-refractivity contribution in [3.05, 3.63) is 66.5 Å². The van der Waals surface area contributed by atoms with Crippen molar-refractivity contribution in [2.24, 2.45) is 5.10 Å². The average molecular weight is 433 g/mol. The van der Waals surface area contributed by atoms with E-state index in [1.165, 1.54) is 5.56 Å². The Morgan fingerprint density at radius 1 is 1.12 bits per heavy atom. The van der Waals surface area contributed by atoms with Gasteiger partial charge in [-0.25, -0.2) is 5.01 Å². The minimum absolute atomic E-state index is 0.240. The van der Waals surface area contributed by atoms with Crippen molar-refractivity contribution in [3.8, 4) is 16.9 Å². The Kier molecular flexibility index (Phi) is 5.79. The van der Waals surface area contributed by atoms with Gasteiger partial charge < -0.3 is 14.7 Å². The van der Waals surface area contributed by atoms with Crippen LogP contribution in [-0.4, -0.2) is 70.5 Å². The summed E-state index contributed by atoms with van der Waals surface area (Å²) in [5, 5.41) is 23.8. The predicted molar refractivity (Wildman–Crippen MR) is 124 cm³/mol. The van der Waals surface area contributed by atoms with E-state index in [2.05, 4.69) is 56.4 Å². The Labute approximate surface area is 187 Å². The van der Waals surface area contributed by atoms with Gasteiger partial charge in [-0.3, -0.25) is 10.00 Å². The number of hydrogen-bond donors (Lipinski definition) is 2. The van der Waals surface area contributed by atoms with Crippen LogP contribution in [0, 0.1) is 0 Å². The zero-order chi connectivity index (χ0) is 21.9. The highest BCUT2D eigenvalue weighted by Gasteiger charge is 2.28. The molecule has 2 aromatic carbocycles. The number of hydrazone groups is 1. The van der Waals surface area contributed by atoms with Crippen molar-refractivity contribution in [1.29, 1.82) is 0 Å². The molecule has 0 saturated carbocycles. The average Bonchev–Trinajstić information content (AvgIpc) is 3.57. The lowest BCUT2D eigenvalue weighted by Gasteiger charge is -2.24. The minimum Gasteiger partial charge on any atom is -0.497 e. The van der Waals surface area contributed by atoms with E-state index in [0.717, 1.165) is 54.5 Å². The molecule has 1 fully saturated rings. The summed E-state index contributed by atoms with van der Waals surface area (Å²) in [5.41, 5.74) is 4.40. The van der Waals surface area contributed by atoms with Crippen molar-refractivity contribution < 1.29 is 9.84 Å². The van der Waals surface area contributed by atoms with E-state index < -0.39 is 0 Å². The maximum Gasteiger partial charge on any atom is 0.141 e. The van der Waals surface area contributed by atoms with Crippen LogP contribution in [0.3, 0.4) is 0 Å². The Hall–Kier alpha value is -3.36. The fourth-order valence-electron chi connectivity index (χ4n) is 4.27. The Morgan fingerprint density at radius 2 is 2.00 bits per heavy atom. The highest BCUT2D eigenvalue weighted by atomic mass is 16.5. The summed E-state index contributed by atoms with van der Waals surface area (Å²) >= 11 is 0. The molecule has 2 aliphatic heterocycles. The van der Waals surface area contributed by atoms with Crippen LogP contribution >= 0.6 is 0 Å². The fraction of sp³-hybridized carbons (Fsp3) is 0.333. The molecule has 0 amide bonds. The molecule has 1 unspecified atom stereocenters. The Bertz CT molecular complexity index is 1070. The van der Waals surface area contributed by atoms with Crippen LogP contribution in [0.1, 0.15) is 12.0 Å². The van der Waals surface area contributed by atoms with Gasteiger partial charge in [0.25, 0.3) is 0 Å². The Morgan fingerprint density at radius 3 is 2.72 bits per heavy atom. The lowest BCUT2D eigenvalue weighted by atomic mass is 10.1. The number of β-amino-alcohol motifs (C(OH)–C–C–N with tert-alkyl or cyclic N) is 1. The maximum absolute atomic E-state index is 9.94. The first-order valence-corrected chi connectivity index (χ1v) is 10.9. The molecule has 0 bridgehead atoms. The fourth-order valence-corrected chi connectivity index (χ4v) is 4.27. The maximum atomic E-state index is 9.94. The van der Waals surface area contributed by atoms with E-state index in [4.69, 9.17) is 9.84 Å². The van der Waals surface area contributed by atoms with Crippen molar-refractivity contribution >= 4 is 11.5 Å². The molecule has 1 saturated heterocycles. The summed E-state index contributed by atoms with van der Waals surface area (Å²) in [6.07, 6.45) is 4.29. The number of aromatic nitrogens is 2. The molecule has 2 N–H and O–H groups in total. The second-order valence-corrected chi connectivity index (χ2v) is 8.32. The van der Waals surface area contributed by atoms with Gasteiger partial charge in [-0.2, -0.15) is 10.2 Å². The zero-order valence-electron chi connectivity index (χ0n) is 18.2. The topological polar surface area (TPSA) is 80.2 Å². The number of aliphatic hydroxyl groups is 1. The standard InChI is InChI=1S/C24H28N6O2/c1-32-23-4-2-3-18(11-23)14-29-17-30(27-24(29)16-28-10-9-22(31)15-28)21-7-5-19(6-8-21)20-12-25-26-13-20/h2-8,11-13,22,31H,9-10,14-17H2,1H3,(H,25,26). The number of ether oxygens (including phenoxy) is 1. The molecule has 0 aliphatic carbocycles. The summed E-state index contributed by atoms with van der Waals surface area (Å²) in [4.78, 5) is 4.57. The minimum atomic E-state index is -0.240. The number of benzene rings is 2. The highest BCUT2D eigenvalue weighted by Crippen LogP contribution is 2.26. The summed E-state index contributed by atoms with van der Waals surface area (Å²) in [6, 6.07) is 16.5. The van der Waals surface area contributed by atoms with E-state index in [9.17, 15) is 5.11 Å². The number of amidine groups is 1. The second kappa shape index (κ2) is 9.02. The van der Waals surface area contributed by atoms with E-state index in [0.29, 0.717) is 13.2 Å².